The number of phenolic OH excluding ortho intramolecular Hbond substituents is 1. The first-order valence-electron chi connectivity index (χ1n) is 6.80. The number of aromatic nitrogens is 1. The van der Waals surface area contributed by atoms with Gasteiger partial charge in [-0.1, -0.05) is 41.4 Å². The fourth-order valence-corrected chi connectivity index (χ4v) is 3.00. The number of aromatic hydroxyl groups is 1. The van der Waals surface area contributed by atoms with Gasteiger partial charge in [-0.2, -0.15) is 0 Å². The second kappa shape index (κ2) is 6.13. The average molecular weight is 333 g/mol. The summed E-state index contributed by atoms with van der Waals surface area (Å²) in [6.07, 6.45) is 1.66. The molecular formula is C17H14Cl2N2O. The monoisotopic (exact) mass is 332 g/mol. The molecule has 0 aliphatic carbocycles. The summed E-state index contributed by atoms with van der Waals surface area (Å²) >= 11 is 12.4. The molecule has 3 nitrogen and oxygen atoms in total. The molecule has 5 heteroatoms. The van der Waals surface area contributed by atoms with Crippen LogP contribution in [-0.4, -0.2) is 17.1 Å². The fraction of sp³-hybridized carbons (Fsp3) is 0.118. The molecule has 3 rings (SSSR count). The minimum atomic E-state index is -0.280. The predicted octanol–water partition coefficient (Wildman–Crippen LogP) is 4.56. The van der Waals surface area contributed by atoms with Crippen LogP contribution < -0.4 is 5.32 Å². The zero-order valence-electron chi connectivity index (χ0n) is 11.8. The minimum Gasteiger partial charge on any atom is -0.505 e. The topological polar surface area (TPSA) is 45.2 Å². The molecule has 1 heterocycles. The van der Waals surface area contributed by atoms with Crippen LogP contribution in [0.2, 0.25) is 10.0 Å². The third-order valence-corrected chi connectivity index (χ3v) is 4.23. The van der Waals surface area contributed by atoms with Crippen LogP contribution in [0.25, 0.3) is 10.9 Å². The van der Waals surface area contributed by atoms with E-state index in [-0.39, 0.29) is 11.8 Å². The second-order valence-corrected chi connectivity index (χ2v) is 5.81. The smallest absolute Gasteiger partial charge is 0.146 e. The Morgan fingerprint density at radius 2 is 1.91 bits per heavy atom. The summed E-state index contributed by atoms with van der Waals surface area (Å²) < 4.78 is 0. The molecule has 0 saturated heterocycles. The van der Waals surface area contributed by atoms with Crippen LogP contribution in [0.15, 0.2) is 48.7 Å². The van der Waals surface area contributed by atoms with E-state index in [2.05, 4.69) is 10.3 Å². The SMILES string of the molecule is CNC(c1cc(Cl)ccc1Cl)c1ccc2cccnc2c1O. The molecule has 2 N–H and O–H groups in total. The Hall–Kier alpha value is -1.81. The molecule has 1 atom stereocenters. The van der Waals surface area contributed by atoms with E-state index in [9.17, 15) is 5.11 Å². The highest BCUT2D eigenvalue weighted by atomic mass is 35.5. The summed E-state index contributed by atoms with van der Waals surface area (Å²) in [5.41, 5.74) is 2.08. The maximum Gasteiger partial charge on any atom is 0.146 e. The maximum atomic E-state index is 10.6. The van der Waals surface area contributed by atoms with Crippen molar-refractivity contribution in [2.45, 2.75) is 6.04 Å². The fourth-order valence-electron chi connectivity index (χ4n) is 2.59. The van der Waals surface area contributed by atoms with Crippen LogP contribution >= 0.6 is 23.2 Å². The van der Waals surface area contributed by atoms with E-state index in [1.54, 1.807) is 24.4 Å². The van der Waals surface area contributed by atoms with Crippen LogP contribution in [0.3, 0.4) is 0 Å². The molecule has 0 saturated carbocycles. The van der Waals surface area contributed by atoms with Gasteiger partial charge in [0.1, 0.15) is 11.3 Å². The Kier molecular flexibility index (Phi) is 4.21. The number of fused-ring (bicyclic) bond motifs is 1. The summed E-state index contributed by atoms with van der Waals surface area (Å²) in [7, 11) is 1.81. The zero-order chi connectivity index (χ0) is 15.7. The van der Waals surface area contributed by atoms with Crippen molar-refractivity contribution in [1.82, 2.24) is 10.3 Å². The van der Waals surface area contributed by atoms with Crippen molar-refractivity contribution in [1.29, 1.82) is 0 Å². The lowest BCUT2D eigenvalue weighted by molar-refractivity contribution is 0.466. The van der Waals surface area contributed by atoms with E-state index in [0.717, 1.165) is 10.9 Å². The normalized spacial score (nSPS) is 12.5. The molecule has 0 amide bonds. The molecule has 1 unspecified atom stereocenters. The van der Waals surface area contributed by atoms with Gasteiger partial charge in [-0.15, -0.1) is 0 Å². The number of hydrogen-bond donors (Lipinski definition) is 2. The van der Waals surface area contributed by atoms with Crippen LogP contribution in [0, 0.1) is 0 Å². The summed E-state index contributed by atoms with van der Waals surface area (Å²) in [6.45, 7) is 0. The first kappa shape index (κ1) is 15.1. The first-order valence-corrected chi connectivity index (χ1v) is 7.56. The van der Waals surface area contributed by atoms with Crippen molar-refractivity contribution >= 4 is 34.1 Å². The molecule has 0 radical (unpaired) electrons. The molecule has 0 fully saturated rings. The summed E-state index contributed by atoms with van der Waals surface area (Å²) in [5, 5.41) is 15.8. The molecule has 0 bridgehead atoms. The van der Waals surface area contributed by atoms with Gasteiger partial charge in [-0.25, -0.2) is 0 Å². The van der Waals surface area contributed by atoms with Gasteiger partial charge in [0.05, 0.1) is 6.04 Å². The van der Waals surface area contributed by atoms with E-state index in [1.807, 2.05) is 31.3 Å². The predicted molar refractivity (Wildman–Crippen MR) is 90.8 cm³/mol. The number of hydrogen-bond acceptors (Lipinski definition) is 3. The molecule has 0 aliphatic rings. The number of nitrogens with zero attached hydrogens (tertiary/aromatic N) is 1. The van der Waals surface area contributed by atoms with Crippen molar-refractivity contribution in [3.05, 3.63) is 69.8 Å². The number of phenols is 1. The van der Waals surface area contributed by atoms with Gasteiger partial charge in [-0.3, -0.25) is 4.98 Å². The third kappa shape index (κ3) is 2.63. The van der Waals surface area contributed by atoms with Gasteiger partial charge in [0.2, 0.25) is 0 Å². The minimum absolute atomic E-state index is 0.147. The number of nitrogens with one attached hydrogen (secondary N) is 1. The van der Waals surface area contributed by atoms with Crippen molar-refractivity contribution < 1.29 is 5.11 Å². The first-order chi connectivity index (χ1) is 10.6. The Balaban J connectivity index is 2.19. The van der Waals surface area contributed by atoms with Gasteiger partial charge in [0, 0.05) is 27.2 Å². The van der Waals surface area contributed by atoms with E-state index in [0.29, 0.717) is 21.1 Å². The van der Waals surface area contributed by atoms with E-state index >= 15 is 0 Å². The summed E-state index contributed by atoms with van der Waals surface area (Å²) in [4.78, 5) is 4.25. The second-order valence-electron chi connectivity index (χ2n) is 4.97. The lowest BCUT2D eigenvalue weighted by Gasteiger charge is -2.20. The molecule has 1 aromatic heterocycles. The Morgan fingerprint density at radius 3 is 2.68 bits per heavy atom. The molecule has 0 spiro atoms. The van der Waals surface area contributed by atoms with Crippen LogP contribution in [0.1, 0.15) is 17.2 Å². The van der Waals surface area contributed by atoms with Gasteiger partial charge >= 0.3 is 0 Å². The maximum absolute atomic E-state index is 10.6. The lowest BCUT2D eigenvalue weighted by Crippen LogP contribution is -2.18. The highest BCUT2D eigenvalue weighted by Crippen LogP contribution is 2.37. The zero-order valence-corrected chi connectivity index (χ0v) is 13.4. The molecule has 112 valence electrons. The highest BCUT2D eigenvalue weighted by molar-refractivity contribution is 6.33. The third-order valence-electron chi connectivity index (χ3n) is 3.65. The van der Waals surface area contributed by atoms with Crippen molar-refractivity contribution in [3.63, 3.8) is 0 Å². The van der Waals surface area contributed by atoms with E-state index in [1.165, 1.54) is 0 Å². The molecule has 22 heavy (non-hydrogen) atoms. The Labute approximate surface area is 138 Å². The lowest BCUT2D eigenvalue weighted by atomic mass is 9.96. The highest BCUT2D eigenvalue weighted by Gasteiger charge is 2.20. The molecule has 2 aromatic carbocycles. The van der Waals surface area contributed by atoms with Gasteiger partial charge in [0.15, 0.2) is 0 Å². The molecular weight excluding hydrogens is 319 g/mol. The van der Waals surface area contributed by atoms with Crippen molar-refractivity contribution in [2.24, 2.45) is 0 Å². The van der Waals surface area contributed by atoms with E-state index < -0.39 is 0 Å². The van der Waals surface area contributed by atoms with Crippen molar-refractivity contribution in [3.8, 4) is 5.75 Å². The van der Waals surface area contributed by atoms with Crippen LogP contribution in [0.5, 0.6) is 5.75 Å². The van der Waals surface area contributed by atoms with Crippen LogP contribution in [0.4, 0.5) is 0 Å². The largest absolute Gasteiger partial charge is 0.505 e. The summed E-state index contributed by atoms with van der Waals surface area (Å²) in [6, 6.07) is 12.6. The summed E-state index contributed by atoms with van der Waals surface area (Å²) in [5.74, 6) is 0.147. The molecule has 0 aliphatic heterocycles. The number of pyridine rings is 1. The van der Waals surface area contributed by atoms with Crippen LogP contribution in [-0.2, 0) is 0 Å². The number of rotatable bonds is 3. The number of halogens is 2. The Morgan fingerprint density at radius 1 is 1.09 bits per heavy atom. The van der Waals surface area contributed by atoms with Gasteiger partial charge < -0.3 is 10.4 Å². The quantitative estimate of drug-likeness (QED) is 0.739. The standard InChI is InChI=1S/C17H14Cl2N2O/c1-20-16(13-9-11(18)5-7-14(13)19)12-6-4-10-3-2-8-21-15(10)17(12)22/h2-9,16,20,22H,1H3. The molecule has 3 aromatic rings. The Bertz CT molecular complexity index is 836. The number of benzene rings is 2. The van der Waals surface area contributed by atoms with Crippen molar-refractivity contribution in [2.75, 3.05) is 7.05 Å². The van der Waals surface area contributed by atoms with Gasteiger partial charge in [-0.05, 0) is 36.9 Å². The average Bonchev–Trinajstić information content (AvgIpc) is 2.53. The van der Waals surface area contributed by atoms with Gasteiger partial charge in [0.25, 0.3) is 0 Å². The van der Waals surface area contributed by atoms with E-state index in [4.69, 9.17) is 23.2 Å².